The predicted octanol–water partition coefficient (Wildman–Crippen LogP) is -4.17. The fourth-order valence-corrected chi connectivity index (χ4v) is 3.52. The fraction of sp³-hybridized carbons (Fsp3) is 0.650. The van der Waals surface area contributed by atoms with Gasteiger partial charge in [-0.2, -0.15) is 0 Å². The quantitative estimate of drug-likeness (QED) is 0.169. The molecule has 1 aromatic rings. The number of rotatable bonds is 7. The van der Waals surface area contributed by atoms with Gasteiger partial charge in [0.2, 0.25) is 12.6 Å². The topological polar surface area (TPSA) is 225 Å². The normalized spacial score (nSPS) is 38.3. The van der Waals surface area contributed by atoms with Crippen LogP contribution in [0.4, 0.5) is 0 Å². The summed E-state index contributed by atoms with van der Waals surface area (Å²) in [5.41, 5.74) is -0.102. The molecule has 14 heteroatoms. The maximum absolute atomic E-state index is 12.6. The van der Waals surface area contributed by atoms with Gasteiger partial charge in [-0.3, -0.25) is 0 Å². The highest BCUT2D eigenvalue weighted by Crippen LogP contribution is 2.32. The van der Waals surface area contributed by atoms with Gasteiger partial charge in [0, 0.05) is 0 Å². The third-order valence-corrected chi connectivity index (χ3v) is 5.56. The molecule has 0 bridgehead atoms. The van der Waals surface area contributed by atoms with Crippen molar-refractivity contribution >= 4 is 5.97 Å². The first-order valence-electron chi connectivity index (χ1n) is 10.3. The van der Waals surface area contributed by atoms with E-state index in [4.69, 9.17) is 23.7 Å². The maximum Gasteiger partial charge on any atom is 0.340 e. The van der Waals surface area contributed by atoms with Gasteiger partial charge in [-0.05, 0) is 18.2 Å². The molecule has 0 radical (unpaired) electrons. The van der Waals surface area contributed by atoms with Crippen molar-refractivity contribution in [2.24, 2.45) is 0 Å². The molecule has 2 aliphatic rings. The molecule has 1 aromatic carbocycles. The van der Waals surface area contributed by atoms with Crippen molar-refractivity contribution in [2.75, 3.05) is 20.3 Å². The average molecular weight is 492 g/mol. The van der Waals surface area contributed by atoms with E-state index in [1.165, 1.54) is 25.3 Å². The Morgan fingerprint density at radius 2 is 1.32 bits per heavy atom. The van der Waals surface area contributed by atoms with Crippen molar-refractivity contribution in [3.8, 4) is 11.5 Å². The Balaban J connectivity index is 1.73. The Labute approximate surface area is 193 Å². The number of hydrogen-bond acceptors (Lipinski definition) is 14. The van der Waals surface area contributed by atoms with Crippen LogP contribution in [0.5, 0.6) is 11.5 Å². The monoisotopic (exact) mass is 492 g/mol. The number of hydrogen-bond donors (Lipinski definition) is 8. The summed E-state index contributed by atoms with van der Waals surface area (Å²) in [5.74, 6) is -1.07. The van der Waals surface area contributed by atoms with Gasteiger partial charge in [0.05, 0.1) is 25.9 Å². The minimum Gasteiger partial charge on any atom is -0.493 e. The molecule has 2 saturated heterocycles. The van der Waals surface area contributed by atoms with Crippen molar-refractivity contribution in [3.63, 3.8) is 0 Å². The molecule has 0 amide bonds. The lowest BCUT2D eigenvalue weighted by atomic mass is 9.99. The highest BCUT2D eigenvalue weighted by atomic mass is 16.7. The molecule has 0 spiro atoms. The third-order valence-electron chi connectivity index (χ3n) is 5.56. The fourth-order valence-electron chi connectivity index (χ4n) is 3.52. The zero-order valence-corrected chi connectivity index (χ0v) is 17.9. The van der Waals surface area contributed by atoms with Crippen LogP contribution in [0.15, 0.2) is 18.2 Å². The lowest BCUT2D eigenvalue weighted by molar-refractivity contribution is -0.285. The molecule has 0 aliphatic carbocycles. The molecule has 14 nitrogen and oxygen atoms in total. The zero-order chi connectivity index (χ0) is 25.2. The predicted molar refractivity (Wildman–Crippen MR) is 107 cm³/mol. The minimum absolute atomic E-state index is 0.0276. The van der Waals surface area contributed by atoms with E-state index in [0.29, 0.717) is 0 Å². The second-order valence-electron chi connectivity index (χ2n) is 7.78. The molecule has 10 atom stereocenters. The van der Waals surface area contributed by atoms with Crippen LogP contribution in [0.2, 0.25) is 0 Å². The summed E-state index contributed by atoms with van der Waals surface area (Å²) in [7, 11) is 1.25. The van der Waals surface area contributed by atoms with Crippen LogP contribution >= 0.6 is 0 Å². The molecule has 8 N–H and O–H groups in total. The first-order valence-corrected chi connectivity index (χ1v) is 10.3. The summed E-state index contributed by atoms with van der Waals surface area (Å²) in [4.78, 5) is 12.6. The summed E-state index contributed by atoms with van der Waals surface area (Å²) < 4.78 is 26.2. The summed E-state index contributed by atoms with van der Waals surface area (Å²) in [6.45, 7) is -1.35. The Hall–Kier alpha value is -2.11. The van der Waals surface area contributed by atoms with Crippen LogP contribution in [0.3, 0.4) is 0 Å². The van der Waals surface area contributed by atoms with Crippen LogP contribution in [0, 0.1) is 0 Å². The maximum atomic E-state index is 12.6. The van der Waals surface area contributed by atoms with E-state index in [-0.39, 0.29) is 17.1 Å². The summed E-state index contributed by atoms with van der Waals surface area (Å²) in [6, 6.07) is 3.67. The van der Waals surface area contributed by atoms with E-state index in [2.05, 4.69) is 0 Å². The van der Waals surface area contributed by atoms with Gasteiger partial charge in [-0.15, -0.1) is 0 Å². The molecular weight excluding hydrogens is 464 g/mol. The number of aliphatic hydroxyl groups excluding tert-OH is 8. The minimum atomic E-state index is -1.78. The summed E-state index contributed by atoms with van der Waals surface area (Å²) >= 11 is 0. The SMILES string of the molecule is COc1cc(C(=O)O[C@@H]2O[C@H](CO)[C@@H](O)[C@@H](O)[C@H]2O)ccc1O[C@H]1O[C@@H](CO)[C@H](O)[C@H](O)[C@@H]1O. The van der Waals surface area contributed by atoms with Gasteiger partial charge in [0.25, 0.3) is 0 Å². The number of esters is 1. The van der Waals surface area contributed by atoms with Crippen LogP contribution in [0.1, 0.15) is 10.4 Å². The smallest absolute Gasteiger partial charge is 0.340 e. The number of carbonyl (C=O) groups is 1. The first kappa shape index (κ1) is 26.5. The summed E-state index contributed by atoms with van der Waals surface area (Å²) in [5, 5.41) is 78.0. The number of aliphatic hydroxyl groups is 8. The summed E-state index contributed by atoms with van der Waals surface area (Å²) in [6.07, 6.45) is -15.6. The van der Waals surface area contributed by atoms with Crippen molar-refractivity contribution < 1.29 is 69.3 Å². The van der Waals surface area contributed by atoms with Crippen LogP contribution in [-0.2, 0) is 14.2 Å². The number of methoxy groups -OCH3 is 1. The first-order chi connectivity index (χ1) is 16.1. The number of carbonyl (C=O) groups excluding carboxylic acids is 1. The van der Waals surface area contributed by atoms with Crippen molar-refractivity contribution in [3.05, 3.63) is 23.8 Å². The van der Waals surface area contributed by atoms with Crippen molar-refractivity contribution in [1.82, 2.24) is 0 Å². The Morgan fingerprint density at radius 3 is 1.85 bits per heavy atom. The molecule has 2 aliphatic heterocycles. The second-order valence-corrected chi connectivity index (χ2v) is 7.78. The van der Waals surface area contributed by atoms with E-state index >= 15 is 0 Å². The van der Waals surface area contributed by atoms with Crippen molar-refractivity contribution in [2.45, 2.75) is 61.4 Å². The molecule has 3 rings (SSSR count). The Kier molecular flexibility index (Phi) is 8.64. The second kappa shape index (κ2) is 11.1. The van der Waals surface area contributed by atoms with Gasteiger partial charge in [-0.25, -0.2) is 4.79 Å². The van der Waals surface area contributed by atoms with Gasteiger partial charge in [-0.1, -0.05) is 0 Å². The van der Waals surface area contributed by atoms with Crippen LogP contribution in [0.25, 0.3) is 0 Å². The lowest BCUT2D eigenvalue weighted by Crippen LogP contribution is -2.60. The van der Waals surface area contributed by atoms with Gasteiger partial charge < -0.3 is 64.5 Å². The molecule has 192 valence electrons. The third kappa shape index (κ3) is 5.26. The van der Waals surface area contributed by atoms with Crippen LogP contribution < -0.4 is 9.47 Å². The molecule has 34 heavy (non-hydrogen) atoms. The molecule has 2 heterocycles. The Bertz CT molecular complexity index is 831. The highest BCUT2D eigenvalue weighted by Gasteiger charge is 2.46. The number of ether oxygens (including phenoxy) is 5. The van der Waals surface area contributed by atoms with Gasteiger partial charge >= 0.3 is 5.97 Å². The molecular formula is C20H28O14. The van der Waals surface area contributed by atoms with Gasteiger partial charge in [0.15, 0.2) is 11.5 Å². The van der Waals surface area contributed by atoms with E-state index in [1.807, 2.05) is 0 Å². The molecule has 0 unspecified atom stereocenters. The average Bonchev–Trinajstić information content (AvgIpc) is 2.84. The van der Waals surface area contributed by atoms with Crippen molar-refractivity contribution in [1.29, 1.82) is 0 Å². The lowest BCUT2D eigenvalue weighted by Gasteiger charge is -2.39. The van der Waals surface area contributed by atoms with E-state index < -0.39 is 80.6 Å². The zero-order valence-electron chi connectivity index (χ0n) is 17.9. The number of benzene rings is 1. The van der Waals surface area contributed by atoms with Crippen LogP contribution in [-0.4, -0.2) is 129 Å². The van der Waals surface area contributed by atoms with Gasteiger partial charge in [0.1, 0.15) is 48.8 Å². The molecule has 0 saturated carbocycles. The van der Waals surface area contributed by atoms with E-state index in [1.54, 1.807) is 0 Å². The van der Waals surface area contributed by atoms with E-state index in [9.17, 15) is 45.6 Å². The Morgan fingerprint density at radius 1 is 0.794 bits per heavy atom. The standard InChI is InChI=1S/C20H28O14/c1-30-9-4-7(18(29)34-20-17(28)15(26)13(24)11(6-22)33-20)2-3-8(9)31-19-16(27)14(25)12(23)10(5-21)32-19/h2-4,10-17,19-28H,5-6H2,1H3/t10-,11+,12-,13+,14-,15+,16-,17+,19-,20-/m0/s1. The van der Waals surface area contributed by atoms with E-state index in [0.717, 1.165) is 0 Å². The molecule has 2 fully saturated rings. The largest absolute Gasteiger partial charge is 0.493 e. The highest BCUT2D eigenvalue weighted by molar-refractivity contribution is 5.90. The molecule has 0 aromatic heterocycles.